The van der Waals surface area contributed by atoms with Crippen LogP contribution in [0.4, 0.5) is 4.39 Å². The second-order valence-electron chi connectivity index (χ2n) is 3.71. The summed E-state index contributed by atoms with van der Waals surface area (Å²) in [5.74, 6) is -0.0557. The Morgan fingerprint density at radius 1 is 1.41 bits per heavy atom. The molecule has 0 saturated heterocycles. The van der Waals surface area contributed by atoms with Crippen LogP contribution in [0, 0.1) is 5.82 Å². The van der Waals surface area contributed by atoms with Crippen LogP contribution in [0.25, 0.3) is 0 Å². The van der Waals surface area contributed by atoms with Gasteiger partial charge in [0, 0.05) is 6.42 Å². The number of hydrogen-bond donors (Lipinski definition) is 1. The summed E-state index contributed by atoms with van der Waals surface area (Å²) < 4.78 is 18.7. The minimum absolute atomic E-state index is 0.223. The maximum atomic E-state index is 13.7. The van der Waals surface area contributed by atoms with Crippen molar-refractivity contribution >= 4 is 11.3 Å². The minimum Gasteiger partial charge on any atom is -0.496 e. The van der Waals surface area contributed by atoms with Gasteiger partial charge in [0.2, 0.25) is 0 Å². The van der Waals surface area contributed by atoms with Gasteiger partial charge in [-0.05, 0) is 34.5 Å². The first-order chi connectivity index (χ1) is 8.22. The molecule has 0 saturated carbocycles. The van der Waals surface area contributed by atoms with Crippen LogP contribution in [0.2, 0.25) is 0 Å². The summed E-state index contributed by atoms with van der Waals surface area (Å²) in [6, 6.07) is 6.46. The Bertz CT molecular complexity index is 482. The predicted molar refractivity (Wildman–Crippen MR) is 65.9 cm³/mol. The van der Waals surface area contributed by atoms with Gasteiger partial charge in [0.05, 0.1) is 18.8 Å². The summed E-state index contributed by atoms with van der Waals surface area (Å²) >= 11 is 1.55. The van der Waals surface area contributed by atoms with Crippen molar-refractivity contribution in [3.8, 4) is 5.75 Å². The quantitative estimate of drug-likeness (QED) is 0.905. The molecule has 1 atom stereocenters. The van der Waals surface area contributed by atoms with Gasteiger partial charge in [-0.3, -0.25) is 0 Å². The Labute approximate surface area is 103 Å². The van der Waals surface area contributed by atoms with Crippen molar-refractivity contribution in [1.82, 2.24) is 0 Å². The smallest absolute Gasteiger partial charge is 0.132 e. The SMILES string of the molecule is COc1cccc(F)c1C(O)Cc1ccsc1. The molecule has 0 radical (unpaired) electrons. The molecule has 0 aliphatic carbocycles. The van der Waals surface area contributed by atoms with Crippen LogP contribution in [-0.2, 0) is 6.42 Å². The molecule has 0 aliphatic rings. The molecule has 0 amide bonds. The number of rotatable bonds is 4. The largest absolute Gasteiger partial charge is 0.496 e. The number of aliphatic hydroxyl groups excluding tert-OH is 1. The first kappa shape index (κ1) is 12.1. The summed E-state index contributed by atoms with van der Waals surface area (Å²) in [4.78, 5) is 0. The van der Waals surface area contributed by atoms with E-state index in [1.165, 1.54) is 13.2 Å². The lowest BCUT2D eigenvalue weighted by Gasteiger charge is -2.15. The number of hydrogen-bond acceptors (Lipinski definition) is 3. The molecule has 0 bridgehead atoms. The van der Waals surface area contributed by atoms with Gasteiger partial charge in [-0.25, -0.2) is 4.39 Å². The van der Waals surface area contributed by atoms with Crippen LogP contribution in [0.3, 0.4) is 0 Å². The Morgan fingerprint density at radius 3 is 2.88 bits per heavy atom. The number of halogens is 1. The standard InChI is InChI=1S/C13H13FO2S/c1-16-12-4-2-3-10(14)13(12)11(15)7-9-5-6-17-8-9/h2-6,8,11,15H,7H2,1H3. The van der Waals surface area contributed by atoms with E-state index in [1.54, 1.807) is 23.5 Å². The molecule has 1 heterocycles. The lowest BCUT2D eigenvalue weighted by Crippen LogP contribution is -2.06. The molecule has 2 aromatic rings. The molecule has 2 nitrogen and oxygen atoms in total. The van der Waals surface area contributed by atoms with Crippen LogP contribution in [0.1, 0.15) is 17.2 Å². The first-order valence-electron chi connectivity index (χ1n) is 5.24. The van der Waals surface area contributed by atoms with Gasteiger partial charge in [-0.15, -0.1) is 0 Å². The first-order valence-corrected chi connectivity index (χ1v) is 6.18. The zero-order valence-corrected chi connectivity index (χ0v) is 10.2. The lowest BCUT2D eigenvalue weighted by molar-refractivity contribution is 0.169. The number of benzene rings is 1. The Hall–Kier alpha value is -1.39. The van der Waals surface area contributed by atoms with Crippen molar-refractivity contribution in [2.45, 2.75) is 12.5 Å². The van der Waals surface area contributed by atoms with Crippen molar-refractivity contribution < 1.29 is 14.2 Å². The number of aliphatic hydroxyl groups is 1. The highest BCUT2D eigenvalue weighted by atomic mass is 32.1. The summed E-state index contributed by atoms with van der Waals surface area (Å²) in [5, 5.41) is 13.9. The van der Waals surface area contributed by atoms with Crippen LogP contribution in [0.15, 0.2) is 35.0 Å². The molecule has 1 aromatic heterocycles. The predicted octanol–water partition coefficient (Wildman–Crippen LogP) is 3.17. The fourth-order valence-electron chi connectivity index (χ4n) is 1.75. The van der Waals surface area contributed by atoms with Gasteiger partial charge in [-0.2, -0.15) is 11.3 Å². The van der Waals surface area contributed by atoms with Crippen molar-refractivity contribution in [2.24, 2.45) is 0 Å². The fraction of sp³-hybridized carbons (Fsp3) is 0.231. The Balaban J connectivity index is 2.26. The van der Waals surface area contributed by atoms with E-state index in [4.69, 9.17) is 4.74 Å². The molecule has 1 unspecified atom stereocenters. The highest BCUT2D eigenvalue weighted by Gasteiger charge is 2.18. The average Bonchev–Trinajstić information content (AvgIpc) is 2.81. The third-order valence-corrected chi connectivity index (χ3v) is 3.31. The third-order valence-electron chi connectivity index (χ3n) is 2.58. The van der Waals surface area contributed by atoms with E-state index < -0.39 is 11.9 Å². The molecule has 4 heteroatoms. The van der Waals surface area contributed by atoms with Crippen LogP contribution in [0.5, 0.6) is 5.75 Å². The number of ether oxygens (including phenoxy) is 1. The third kappa shape index (κ3) is 2.65. The molecule has 17 heavy (non-hydrogen) atoms. The van der Waals surface area contributed by atoms with E-state index in [0.717, 1.165) is 5.56 Å². The monoisotopic (exact) mass is 252 g/mol. The zero-order chi connectivity index (χ0) is 12.3. The van der Waals surface area contributed by atoms with Crippen molar-refractivity contribution in [3.63, 3.8) is 0 Å². The van der Waals surface area contributed by atoms with Gasteiger partial charge < -0.3 is 9.84 Å². The topological polar surface area (TPSA) is 29.5 Å². The van der Waals surface area contributed by atoms with Gasteiger partial charge in [0.25, 0.3) is 0 Å². The summed E-state index contributed by atoms with van der Waals surface area (Å²) in [6.45, 7) is 0. The highest BCUT2D eigenvalue weighted by molar-refractivity contribution is 7.07. The second kappa shape index (κ2) is 5.29. The van der Waals surface area contributed by atoms with E-state index in [2.05, 4.69) is 0 Å². The summed E-state index contributed by atoms with van der Waals surface area (Å²) in [6.07, 6.45) is -0.499. The molecule has 1 aromatic carbocycles. The van der Waals surface area contributed by atoms with Gasteiger partial charge in [0.15, 0.2) is 0 Å². The maximum absolute atomic E-state index is 13.7. The second-order valence-corrected chi connectivity index (χ2v) is 4.49. The van der Waals surface area contributed by atoms with Crippen molar-refractivity contribution in [1.29, 1.82) is 0 Å². The highest BCUT2D eigenvalue weighted by Crippen LogP contribution is 2.30. The summed E-state index contributed by atoms with van der Waals surface area (Å²) in [7, 11) is 1.47. The van der Waals surface area contributed by atoms with E-state index >= 15 is 0 Å². The van der Waals surface area contributed by atoms with Crippen molar-refractivity contribution in [2.75, 3.05) is 7.11 Å². The molecular formula is C13H13FO2S. The molecule has 0 aliphatic heterocycles. The lowest BCUT2D eigenvalue weighted by atomic mass is 10.0. The molecule has 1 N–H and O–H groups in total. The molecule has 0 spiro atoms. The fourth-order valence-corrected chi connectivity index (χ4v) is 2.43. The summed E-state index contributed by atoms with van der Waals surface area (Å²) in [5.41, 5.74) is 1.22. The Morgan fingerprint density at radius 2 is 2.24 bits per heavy atom. The number of methoxy groups -OCH3 is 1. The van der Waals surface area contributed by atoms with Crippen molar-refractivity contribution in [3.05, 3.63) is 52.0 Å². The molecule has 0 fully saturated rings. The van der Waals surface area contributed by atoms with E-state index in [0.29, 0.717) is 12.2 Å². The van der Waals surface area contributed by atoms with E-state index in [-0.39, 0.29) is 5.56 Å². The number of thiophene rings is 1. The van der Waals surface area contributed by atoms with Crippen LogP contribution >= 0.6 is 11.3 Å². The van der Waals surface area contributed by atoms with Gasteiger partial charge in [0.1, 0.15) is 11.6 Å². The molecule has 2 rings (SSSR count). The van der Waals surface area contributed by atoms with E-state index in [1.807, 2.05) is 16.8 Å². The van der Waals surface area contributed by atoms with Gasteiger partial charge in [-0.1, -0.05) is 6.07 Å². The van der Waals surface area contributed by atoms with E-state index in [9.17, 15) is 9.50 Å². The van der Waals surface area contributed by atoms with Crippen LogP contribution in [-0.4, -0.2) is 12.2 Å². The zero-order valence-electron chi connectivity index (χ0n) is 9.39. The van der Waals surface area contributed by atoms with Gasteiger partial charge >= 0.3 is 0 Å². The van der Waals surface area contributed by atoms with Crippen LogP contribution < -0.4 is 4.74 Å². The Kier molecular flexibility index (Phi) is 3.76. The molecular weight excluding hydrogens is 239 g/mol. The minimum atomic E-state index is -0.888. The normalized spacial score (nSPS) is 12.4. The maximum Gasteiger partial charge on any atom is 0.132 e. The molecule has 90 valence electrons. The average molecular weight is 252 g/mol.